The number of hydrogen-bond donors (Lipinski definition) is 1. The molecule has 0 spiro atoms. The lowest BCUT2D eigenvalue weighted by Gasteiger charge is -2.20. The van der Waals surface area contributed by atoms with Gasteiger partial charge in [-0.3, -0.25) is 4.79 Å². The number of likely N-dealkylation sites (tertiary alicyclic amines) is 1. The molecule has 134 valence electrons. The Morgan fingerprint density at radius 3 is 2.21 bits per heavy atom. The van der Waals surface area contributed by atoms with Crippen molar-refractivity contribution in [2.24, 2.45) is 5.92 Å². The maximum atomic E-state index is 12.5. The van der Waals surface area contributed by atoms with Gasteiger partial charge in [0.15, 0.2) is 0 Å². The van der Waals surface area contributed by atoms with Crippen LogP contribution in [-0.4, -0.2) is 38.9 Å². The molecular weight excluding hydrogens is 324 g/mol. The number of carbonyl (C=O) groups excluding carboxylic acids is 1. The standard InChI is InChI=1S/C18H28N2O3S/c1-15(2)11-12-19-24(22,23)17-9-7-16(8-10-17)18(21)20-13-5-3-4-6-14-20/h7-10,15,19H,3-6,11-14H2,1-2H3. The minimum atomic E-state index is -3.50. The van der Waals surface area contributed by atoms with Gasteiger partial charge in [0, 0.05) is 25.2 Å². The van der Waals surface area contributed by atoms with Crippen LogP contribution in [0, 0.1) is 5.92 Å². The zero-order chi connectivity index (χ0) is 17.6. The van der Waals surface area contributed by atoms with Crippen LogP contribution in [0.3, 0.4) is 0 Å². The van der Waals surface area contributed by atoms with Crippen LogP contribution in [0.1, 0.15) is 56.3 Å². The molecule has 0 radical (unpaired) electrons. The third-order valence-corrected chi connectivity index (χ3v) is 5.80. The van der Waals surface area contributed by atoms with Gasteiger partial charge in [-0.15, -0.1) is 0 Å². The summed E-state index contributed by atoms with van der Waals surface area (Å²) in [6.45, 7) is 6.11. The van der Waals surface area contributed by atoms with Gasteiger partial charge >= 0.3 is 0 Å². The first-order chi connectivity index (χ1) is 11.4. The van der Waals surface area contributed by atoms with Crippen molar-refractivity contribution >= 4 is 15.9 Å². The van der Waals surface area contributed by atoms with Crippen molar-refractivity contribution in [2.75, 3.05) is 19.6 Å². The highest BCUT2D eigenvalue weighted by molar-refractivity contribution is 7.89. The number of benzene rings is 1. The summed E-state index contributed by atoms with van der Waals surface area (Å²) in [7, 11) is -3.50. The van der Waals surface area contributed by atoms with Gasteiger partial charge in [-0.2, -0.15) is 0 Å². The van der Waals surface area contributed by atoms with Crippen LogP contribution >= 0.6 is 0 Å². The van der Waals surface area contributed by atoms with Crippen molar-refractivity contribution < 1.29 is 13.2 Å². The van der Waals surface area contributed by atoms with Crippen LogP contribution in [0.2, 0.25) is 0 Å². The molecule has 0 bridgehead atoms. The fourth-order valence-corrected chi connectivity index (χ4v) is 3.85. The number of hydrogen-bond acceptors (Lipinski definition) is 3. The van der Waals surface area contributed by atoms with Crippen LogP contribution in [0.5, 0.6) is 0 Å². The molecule has 1 aliphatic heterocycles. The van der Waals surface area contributed by atoms with Gasteiger partial charge < -0.3 is 4.90 Å². The number of amides is 1. The average Bonchev–Trinajstić information content (AvgIpc) is 2.83. The van der Waals surface area contributed by atoms with E-state index < -0.39 is 10.0 Å². The molecular formula is C18H28N2O3S. The third kappa shape index (κ3) is 5.31. The Bertz CT molecular complexity index is 631. The Morgan fingerprint density at radius 2 is 1.67 bits per heavy atom. The predicted octanol–water partition coefficient (Wildman–Crippen LogP) is 3.03. The van der Waals surface area contributed by atoms with Crippen molar-refractivity contribution in [2.45, 2.75) is 50.8 Å². The van der Waals surface area contributed by atoms with Crippen molar-refractivity contribution in [1.82, 2.24) is 9.62 Å². The molecule has 1 amide bonds. The van der Waals surface area contributed by atoms with Gasteiger partial charge in [0.25, 0.3) is 5.91 Å². The van der Waals surface area contributed by atoms with Crippen molar-refractivity contribution in [1.29, 1.82) is 0 Å². The fraction of sp³-hybridized carbons (Fsp3) is 0.611. The second-order valence-corrected chi connectivity index (χ2v) is 8.58. The molecule has 2 rings (SSSR count). The molecule has 1 fully saturated rings. The highest BCUT2D eigenvalue weighted by Crippen LogP contribution is 2.16. The van der Waals surface area contributed by atoms with Gasteiger partial charge in [-0.1, -0.05) is 26.7 Å². The number of carbonyl (C=O) groups is 1. The molecule has 6 heteroatoms. The molecule has 0 aromatic heterocycles. The van der Waals surface area contributed by atoms with Crippen molar-refractivity contribution in [3.8, 4) is 0 Å². The van der Waals surface area contributed by atoms with Crippen LogP contribution in [0.15, 0.2) is 29.2 Å². The quantitative estimate of drug-likeness (QED) is 0.856. The van der Waals surface area contributed by atoms with E-state index in [2.05, 4.69) is 18.6 Å². The smallest absolute Gasteiger partial charge is 0.253 e. The van der Waals surface area contributed by atoms with E-state index in [0.29, 0.717) is 18.0 Å². The second kappa shape index (κ2) is 8.62. The summed E-state index contributed by atoms with van der Waals surface area (Å²) in [6.07, 6.45) is 5.22. The molecule has 0 saturated carbocycles. The molecule has 1 N–H and O–H groups in total. The van der Waals surface area contributed by atoms with Gasteiger partial charge in [0.1, 0.15) is 0 Å². The molecule has 1 aliphatic rings. The Kier molecular flexibility index (Phi) is 6.80. The van der Waals surface area contributed by atoms with E-state index >= 15 is 0 Å². The second-order valence-electron chi connectivity index (χ2n) is 6.81. The van der Waals surface area contributed by atoms with E-state index in [9.17, 15) is 13.2 Å². The zero-order valence-corrected chi connectivity index (χ0v) is 15.4. The van der Waals surface area contributed by atoms with E-state index in [1.54, 1.807) is 12.1 Å². The van der Waals surface area contributed by atoms with E-state index in [1.807, 2.05) is 4.90 Å². The Balaban J connectivity index is 2.02. The van der Waals surface area contributed by atoms with E-state index in [0.717, 1.165) is 32.4 Å². The summed E-state index contributed by atoms with van der Waals surface area (Å²) in [5.74, 6) is 0.440. The maximum absolute atomic E-state index is 12.5. The summed E-state index contributed by atoms with van der Waals surface area (Å²) in [6, 6.07) is 6.26. The summed E-state index contributed by atoms with van der Waals surface area (Å²) in [4.78, 5) is 14.6. The highest BCUT2D eigenvalue weighted by atomic mass is 32.2. The minimum absolute atomic E-state index is 0.00591. The van der Waals surface area contributed by atoms with E-state index in [-0.39, 0.29) is 10.8 Å². The van der Waals surface area contributed by atoms with Crippen LogP contribution in [0.4, 0.5) is 0 Å². The van der Waals surface area contributed by atoms with Gasteiger partial charge in [0.2, 0.25) is 10.0 Å². The summed E-state index contributed by atoms with van der Waals surface area (Å²) < 4.78 is 27.1. The lowest BCUT2D eigenvalue weighted by molar-refractivity contribution is 0.0761. The lowest BCUT2D eigenvalue weighted by Crippen LogP contribution is -2.31. The van der Waals surface area contributed by atoms with E-state index in [1.165, 1.54) is 25.0 Å². The molecule has 1 aromatic carbocycles. The fourth-order valence-electron chi connectivity index (χ4n) is 2.80. The van der Waals surface area contributed by atoms with Gasteiger partial charge in [0.05, 0.1) is 4.90 Å². The molecule has 1 aromatic rings. The van der Waals surface area contributed by atoms with Crippen molar-refractivity contribution in [3.05, 3.63) is 29.8 Å². The zero-order valence-electron chi connectivity index (χ0n) is 14.6. The molecule has 0 unspecified atom stereocenters. The molecule has 0 aliphatic carbocycles. The lowest BCUT2D eigenvalue weighted by atomic mass is 10.1. The highest BCUT2D eigenvalue weighted by Gasteiger charge is 2.19. The number of rotatable bonds is 6. The normalized spacial score (nSPS) is 16.2. The SMILES string of the molecule is CC(C)CCNS(=O)(=O)c1ccc(C(=O)N2CCCCCC2)cc1. The molecule has 5 nitrogen and oxygen atoms in total. The van der Waals surface area contributed by atoms with Crippen LogP contribution < -0.4 is 4.72 Å². The first-order valence-corrected chi connectivity index (χ1v) is 10.3. The largest absolute Gasteiger partial charge is 0.339 e. The summed E-state index contributed by atoms with van der Waals surface area (Å²) >= 11 is 0. The Hall–Kier alpha value is -1.40. The maximum Gasteiger partial charge on any atom is 0.253 e. The van der Waals surface area contributed by atoms with Gasteiger partial charge in [-0.25, -0.2) is 13.1 Å². The third-order valence-electron chi connectivity index (χ3n) is 4.32. The Morgan fingerprint density at radius 1 is 1.08 bits per heavy atom. The van der Waals surface area contributed by atoms with Gasteiger partial charge in [-0.05, 0) is 49.4 Å². The minimum Gasteiger partial charge on any atom is -0.339 e. The molecule has 0 atom stereocenters. The number of sulfonamides is 1. The van der Waals surface area contributed by atoms with Crippen LogP contribution in [0.25, 0.3) is 0 Å². The van der Waals surface area contributed by atoms with E-state index in [4.69, 9.17) is 0 Å². The average molecular weight is 353 g/mol. The van der Waals surface area contributed by atoms with Crippen molar-refractivity contribution in [3.63, 3.8) is 0 Å². The predicted molar refractivity (Wildman–Crippen MR) is 95.5 cm³/mol. The summed E-state index contributed by atoms with van der Waals surface area (Å²) in [5.41, 5.74) is 0.554. The monoisotopic (exact) mass is 352 g/mol. The first-order valence-electron chi connectivity index (χ1n) is 8.79. The molecule has 1 saturated heterocycles. The Labute approximate surface area is 145 Å². The van der Waals surface area contributed by atoms with Crippen LogP contribution in [-0.2, 0) is 10.0 Å². The number of nitrogens with zero attached hydrogens (tertiary/aromatic N) is 1. The molecule has 24 heavy (non-hydrogen) atoms. The first kappa shape index (κ1) is 18.9. The summed E-state index contributed by atoms with van der Waals surface area (Å²) in [5, 5.41) is 0. The molecule has 1 heterocycles. The number of nitrogens with one attached hydrogen (secondary N) is 1. The topological polar surface area (TPSA) is 66.5 Å².